The minimum atomic E-state index is -0.568. The van der Waals surface area contributed by atoms with Gasteiger partial charge in [-0.1, -0.05) is 239 Å². The van der Waals surface area contributed by atoms with Crippen LogP contribution in [0.25, 0.3) is 0 Å². The van der Waals surface area contributed by atoms with Crippen LogP contribution in [0.5, 0.6) is 0 Å². The summed E-state index contributed by atoms with van der Waals surface area (Å²) in [6.45, 7) is 7.56. The first-order valence-electron chi connectivity index (χ1n) is 29.4. The summed E-state index contributed by atoms with van der Waals surface area (Å²) in [5.41, 5.74) is 0. The quantitative estimate of drug-likeness (QED) is 0.0345. The van der Waals surface area contributed by atoms with Crippen LogP contribution in [0.15, 0.2) is 109 Å². The first kappa shape index (κ1) is 66.6. The molecule has 0 bridgehead atoms. The molecule has 0 rings (SSSR count). The SMILES string of the molecule is CC/C=C\C/C=C\C/C=C\C/C=C\CCCCCCC(=O)OCC(COCCCCCCCCCCCC/C=C\CCCCCCCC)OC(=O)CCCCCC/C=C\C/C=C\C/C=C\C/C=C\CC. The van der Waals surface area contributed by atoms with Crippen molar-refractivity contribution in [2.45, 2.75) is 271 Å². The molecule has 0 saturated heterocycles. The number of carbonyl (C=O) groups is 2. The van der Waals surface area contributed by atoms with E-state index in [0.717, 1.165) is 128 Å². The van der Waals surface area contributed by atoms with Crippen LogP contribution >= 0.6 is 0 Å². The molecule has 0 saturated carbocycles. The van der Waals surface area contributed by atoms with E-state index in [-0.39, 0.29) is 25.2 Å². The van der Waals surface area contributed by atoms with Gasteiger partial charge in [-0.2, -0.15) is 0 Å². The number of ether oxygens (including phenoxy) is 3. The Balaban J connectivity index is 4.36. The van der Waals surface area contributed by atoms with Gasteiger partial charge in [-0.15, -0.1) is 0 Å². The van der Waals surface area contributed by atoms with Crippen molar-refractivity contribution in [2.24, 2.45) is 0 Å². The molecule has 1 atom stereocenters. The molecule has 0 aromatic carbocycles. The van der Waals surface area contributed by atoms with Crippen LogP contribution in [0.2, 0.25) is 0 Å². The Labute approximate surface area is 434 Å². The molecule has 0 heterocycles. The summed E-state index contributed by atoms with van der Waals surface area (Å²) in [4.78, 5) is 25.5. The summed E-state index contributed by atoms with van der Waals surface area (Å²) in [5, 5.41) is 0. The third kappa shape index (κ3) is 57.1. The summed E-state index contributed by atoms with van der Waals surface area (Å²) in [5.74, 6) is -0.452. The highest BCUT2D eigenvalue weighted by atomic mass is 16.6. The third-order valence-electron chi connectivity index (χ3n) is 12.3. The molecule has 70 heavy (non-hydrogen) atoms. The molecule has 0 aliphatic heterocycles. The zero-order chi connectivity index (χ0) is 50.6. The van der Waals surface area contributed by atoms with Crippen LogP contribution in [0.4, 0.5) is 0 Å². The number of carbonyl (C=O) groups excluding carboxylic acids is 2. The van der Waals surface area contributed by atoms with E-state index >= 15 is 0 Å². The summed E-state index contributed by atoms with van der Waals surface area (Å²) in [6, 6.07) is 0. The molecule has 0 N–H and O–H groups in total. The lowest BCUT2D eigenvalue weighted by molar-refractivity contribution is -0.163. The Kier molecular flexibility index (Phi) is 56.9. The van der Waals surface area contributed by atoms with Crippen molar-refractivity contribution in [2.75, 3.05) is 19.8 Å². The molecule has 0 aliphatic rings. The molecule has 0 spiro atoms. The van der Waals surface area contributed by atoms with E-state index in [9.17, 15) is 9.59 Å². The standard InChI is InChI=1S/C65H110O5/c1-4-7-10-13-16-19-22-25-28-31-32-33-36-39-42-45-48-51-54-57-60-68-61-63(70-65(67)59-56-53-50-47-44-41-38-35-30-27-24-21-18-15-12-9-6-3)62-69-64(66)58-55-52-49-46-43-40-37-34-29-26-23-20-17-14-11-8-5-2/h8-9,11-12,17-18,20-21,25-30,37-38,40-41,63H,4-7,10,13-16,19,22-24,31-36,39,42-62H2,1-3H3/b11-8-,12-9-,20-17-,21-18-,28-25-,29-26-,30-27-,40-37-,41-38-. The lowest BCUT2D eigenvalue weighted by Crippen LogP contribution is -2.30. The van der Waals surface area contributed by atoms with Gasteiger partial charge in [0, 0.05) is 19.4 Å². The van der Waals surface area contributed by atoms with E-state index in [1.54, 1.807) is 0 Å². The zero-order valence-electron chi connectivity index (χ0n) is 46.0. The van der Waals surface area contributed by atoms with Gasteiger partial charge < -0.3 is 14.2 Å². The average molecular weight is 972 g/mol. The molecule has 0 aromatic rings. The monoisotopic (exact) mass is 971 g/mol. The van der Waals surface area contributed by atoms with Gasteiger partial charge in [0.05, 0.1) is 6.61 Å². The molecular formula is C65H110O5. The van der Waals surface area contributed by atoms with E-state index < -0.39 is 6.10 Å². The fourth-order valence-electron chi connectivity index (χ4n) is 7.96. The van der Waals surface area contributed by atoms with Gasteiger partial charge in [-0.3, -0.25) is 9.59 Å². The van der Waals surface area contributed by atoms with E-state index in [1.165, 1.54) is 103 Å². The van der Waals surface area contributed by atoms with E-state index in [1.807, 2.05) is 0 Å². The number of unbranched alkanes of at least 4 members (excludes halogenated alkanes) is 24. The third-order valence-corrected chi connectivity index (χ3v) is 12.3. The van der Waals surface area contributed by atoms with Gasteiger partial charge >= 0.3 is 11.9 Å². The van der Waals surface area contributed by atoms with Crippen LogP contribution < -0.4 is 0 Å². The molecule has 5 heteroatoms. The van der Waals surface area contributed by atoms with E-state index in [2.05, 4.69) is 130 Å². The van der Waals surface area contributed by atoms with Crippen molar-refractivity contribution < 1.29 is 23.8 Å². The van der Waals surface area contributed by atoms with Crippen molar-refractivity contribution >= 4 is 11.9 Å². The van der Waals surface area contributed by atoms with Crippen LogP contribution in [-0.2, 0) is 23.8 Å². The maximum absolute atomic E-state index is 12.9. The molecule has 0 fully saturated rings. The van der Waals surface area contributed by atoms with Crippen molar-refractivity contribution in [3.05, 3.63) is 109 Å². The van der Waals surface area contributed by atoms with Crippen LogP contribution in [0.3, 0.4) is 0 Å². The summed E-state index contributed by atoms with van der Waals surface area (Å²) in [7, 11) is 0. The Morgan fingerprint density at radius 1 is 0.329 bits per heavy atom. The fraction of sp³-hybridized carbons (Fsp3) is 0.692. The normalized spacial score (nSPS) is 13.0. The summed E-state index contributed by atoms with van der Waals surface area (Å²) < 4.78 is 17.5. The number of hydrogen-bond acceptors (Lipinski definition) is 5. The van der Waals surface area contributed by atoms with Crippen LogP contribution in [0, 0.1) is 0 Å². The molecule has 400 valence electrons. The van der Waals surface area contributed by atoms with Gasteiger partial charge in [-0.25, -0.2) is 0 Å². The molecule has 0 aromatic heterocycles. The highest BCUT2D eigenvalue weighted by molar-refractivity contribution is 5.70. The predicted octanol–water partition coefficient (Wildman–Crippen LogP) is 20.3. The highest BCUT2D eigenvalue weighted by Gasteiger charge is 2.17. The second-order valence-corrected chi connectivity index (χ2v) is 19.1. The van der Waals surface area contributed by atoms with Gasteiger partial charge in [0.25, 0.3) is 0 Å². The number of allylic oxidation sites excluding steroid dienone is 18. The zero-order valence-corrected chi connectivity index (χ0v) is 46.0. The predicted molar refractivity (Wildman–Crippen MR) is 306 cm³/mol. The molecule has 0 amide bonds. The lowest BCUT2D eigenvalue weighted by Gasteiger charge is -2.18. The van der Waals surface area contributed by atoms with Crippen molar-refractivity contribution in [3.8, 4) is 0 Å². The second-order valence-electron chi connectivity index (χ2n) is 19.1. The van der Waals surface area contributed by atoms with Crippen LogP contribution in [-0.4, -0.2) is 37.9 Å². The number of rotatable bonds is 53. The van der Waals surface area contributed by atoms with Crippen molar-refractivity contribution in [3.63, 3.8) is 0 Å². The smallest absolute Gasteiger partial charge is 0.306 e. The number of hydrogen-bond donors (Lipinski definition) is 0. The largest absolute Gasteiger partial charge is 0.462 e. The van der Waals surface area contributed by atoms with E-state index in [4.69, 9.17) is 14.2 Å². The average Bonchev–Trinajstić information content (AvgIpc) is 3.36. The highest BCUT2D eigenvalue weighted by Crippen LogP contribution is 2.14. The molecular weight excluding hydrogens is 861 g/mol. The Morgan fingerprint density at radius 3 is 1.04 bits per heavy atom. The number of esters is 2. The minimum absolute atomic E-state index is 0.0568. The molecule has 1 unspecified atom stereocenters. The second kappa shape index (κ2) is 59.9. The first-order chi connectivity index (χ1) is 34.6. The van der Waals surface area contributed by atoms with Crippen LogP contribution in [0.1, 0.15) is 265 Å². The van der Waals surface area contributed by atoms with Gasteiger partial charge in [0.2, 0.25) is 0 Å². The Hall–Kier alpha value is -3.44. The topological polar surface area (TPSA) is 61.8 Å². The minimum Gasteiger partial charge on any atom is -0.462 e. The van der Waals surface area contributed by atoms with Gasteiger partial charge in [-0.05, 0) is 122 Å². The van der Waals surface area contributed by atoms with Crippen molar-refractivity contribution in [1.82, 2.24) is 0 Å². The fourth-order valence-corrected chi connectivity index (χ4v) is 7.96. The first-order valence-corrected chi connectivity index (χ1v) is 29.4. The van der Waals surface area contributed by atoms with E-state index in [0.29, 0.717) is 19.4 Å². The van der Waals surface area contributed by atoms with Crippen molar-refractivity contribution in [1.29, 1.82) is 0 Å². The summed E-state index contributed by atoms with van der Waals surface area (Å²) >= 11 is 0. The van der Waals surface area contributed by atoms with Gasteiger partial charge in [0.15, 0.2) is 6.10 Å². The lowest BCUT2D eigenvalue weighted by atomic mass is 10.1. The molecule has 0 radical (unpaired) electrons. The maximum atomic E-state index is 12.9. The molecule has 5 nitrogen and oxygen atoms in total. The maximum Gasteiger partial charge on any atom is 0.306 e. The van der Waals surface area contributed by atoms with Gasteiger partial charge in [0.1, 0.15) is 6.61 Å². The molecule has 0 aliphatic carbocycles. The summed E-state index contributed by atoms with van der Waals surface area (Å²) in [6.07, 6.45) is 82.6. The Bertz CT molecular complexity index is 1380. The Morgan fingerprint density at radius 2 is 0.643 bits per heavy atom.